The Morgan fingerprint density at radius 2 is 1.77 bits per heavy atom. The molecule has 134 valence electrons. The van der Waals surface area contributed by atoms with E-state index in [9.17, 15) is 9.59 Å². The van der Waals surface area contributed by atoms with Crippen LogP contribution in [0.3, 0.4) is 0 Å². The molecule has 0 aliphatic carbocycles. The van der Waals surface area contributed by atoms with Crippen LogP contribution in [0.1, 0.15) is 16.8 Å². The molecule has 3 rings (SSSR count). The number of rotatable bonds is 5. The van der Waals surface area contributed by atoms with E-state index < -0.39 is 0 Å². The van der Waals surface area contributed by atoms with Crippen LogP contribution in [0.5, 0.6) is 0 Å². The standard InChI is InChI=1S/C18H18N4O3S/c19-22-18(26)21-9-3-8-20-17(24)11-6-7-15-13(10-11)16(23)12-4-1-2-5-14(12)25-15/h1-2,4-7,10H,3,8-9,19H2,(H,20,24)(H2,21,22,26). The molecule has 3 aromatic rings. The average molecular weight is 370 g/mol. The summed E-state index contributed by atoms with van der Waals surface area (Å²) in [4.78, 5) is 24.9. The average Bonchev–Trinajstić information content (AvgIpc) is 2.67. The van der Waals surface area contributed by atoms with Crippen molar-refractivity contribution in [3.05, 3.63) is 58.3 Å². The SMILES string of the molecule is NNC(=S)NCCCNC(=O)c1ccc2oc3ccccc3c(=O)c2c1. The van der Waals surface area contributed by atoms with Crippen LogP contribution in [0.4, 0.5) is 0 Å². The minimum Gasteiger partial charge on any atom is -0.456 e. The van der Waals surface area contributed by atoms with Crippen LogP contribution in [0.2, 0.25) is 0 Å². The predicted molar refractivity (Wildman–Crippen MR) is 105 cm³/mol. The van der Waals surface area contributed by atoms with E-state index in [1.165, 1.54) is 0 Å². The molecule has 0 bridgehead atoms. The van der Waals surface area contributed by atoms with Gasteiger partial charge in [-0.15, -0.1) is 0 Å². The van der Waals surface area contributed by atoms with Crippen molar-refractivity contribution in [2.45, 2.75) is 6.42 Å². The lowest BCUT2D eigenvalue weighted by atomic mass is 10.1. The number of carbonyl (C=O) groups excluding carboxylic acids is 1. The monoisotopic (exact) mass is 370 g/mol. The summed E-state index contributed by atoms with van der Waals surface area (Å²) < 4.78 is 5.74. The largest absolute Gasteiger partial charge is 0.456 e. The highest BCUT2D eigenvalue weighted by Crippen LogP contribution is 2.19. The molecule has 5 N–H and O–H groups in total. The van der Waals surface area contributed by atoms with Crippen LogP contribution >= 0.6 is 12.2 Å². The predicted octanol–water partition coefficient (Wildman–Crippen LogP) is 1.40. The van der Waals surface area contributed by atoms with Crippen LogP contribution in [0.25, 0.3) is 21.9 Å². The number of nitrogens with one attached hydrogen (secondary N) is 3. The molecule has 7 nitrogen and oxygen atoms in total. The third-order valence-corrected chi connectivity index (χ3v) is 4.16. The van der Waals surface area contributed by atoms with Crippen molar-refractivity contribution in [1.29, 1.82) is 0 Å². The normalized spacial score (nSPS) is 10.7. The summed E-state index contributed by atoms with van der Waals surface area (Å²) in [6.45, 7) is 1.04. The van der Waals surface area contributed by atoms with E-state index in [4.69, 9.17) is 22.5 Å². The van der Waals surface area contributed by atoms with Gasteiger partial charge < -0.3 is 20.5 Å². The first-order chi connectivity index (χ1) is 12.6. The number of para-hydroxylation sites is 1. The van der Waals surface area contributed by atoms with E-state index in [1.807, 2.05) is 6.07 Å². The first-order valence-electron chi connectivity index (χ1n) is 8.08. The zero-order chi connectivity index (χ0) is 18.5. The highest BCUT2D eigenvalue weighted by atomic mass is 32.1. The Morgan fingerprint density at radius 1 is 1.04 bits per heavy atom. The van der Waals surface area contributed by atoms with Crippen LogP contribution in [-0.4, -0.2) is 24.1 Å². The van der Waals surface area contributed by atoms with E-state index in [0.29, 0.717) is 52.1 Å². The fraction of sp³-hybridized carbons (Fsp3) is 0.167. The third kappa shape index (κ3) is 3.81. The van der Waals surface area contributed by atoms with Crippen LogP contribution in [0.15, 0.2) is 51.7 Å². The maximum atomic E-state index is 12.6. The van der Waals surface area contributed by atoms with Crippen molar-refractivity contribution in [1.82, 2.24) is 16.1 Å². The fourth-order valence-electron chi connectivity index (χ4n) is 2.59. The Balaban J connectivity index is 1.73. The summed E-state index contributed by atoms with van der Waals surface area (Å²) in [5.41, 5.74) is 3.56. The number of nitrogens with two attached hydrogens (primary N) is 1. The Kier molecular flexibility index (Phi) is 5.45. The smallest absolute Gasteiger partial charge is 0.251 e. The zero-order valence-electron chi connectivity index (χ0n) is 13.9. The van der Waals surface area contributed by atoms with Gasteiger partial charge in [-0.2, -0.15) is 0 Å². The number of hydrogen-bond acceptors (Lipinski definition) is 5. The molecule has 26 heavy (non-hydrogen) atoms. The Bertz CT molecular complexity index is 1030. The van der Waals surface area contributed by atoms with Crippen LogP contribution in [0, 0.1) is 0 Å². The van der Waals surface area contributed by atoms with Crippen molar-refractivity contribution in [3.8, 4) is 0 Å². The van der Waals surface area contributed by atoms with Crippen molar-refractivity contribution in [2.75, 3.05) is 13.1 Å². The first-order valence-corrected chi connectivity index (χ1v) is 8.49. The Labute approximate surface area is 154 Å². The van der Waals surface area contributed by atoms with Crippen molar-refractivity contribution in [2.24, 2.45) is 5.84 Å². The minimum atomic E-state index is -0.251. The van der Waals surface area contributed by atoms with Gasteiger partial charge in [0.2, 0.25) is 5.43 Å². The van der Waals surface area contributed by atoms with Crippen molar-refractivity contribution >= 4 is 45.2 Å². The lowest BCUT2D eigenvalue weighted by molar-refractivity contribution is 0.0953. The molecule has 2 aromatic carbocycles. The van der Waals surface area contributed by atoms with Gasteiger partial charge in [0.15, 0.2) is 5.11 Å². The molecule has 0 spiro atoms. The lowest BCUT2D eigenvalue weighted by Crippen LogP contribution is -2.40. The van der Waals surface area contributed by atoms with Crippen LogP contribution in [-0.2, 0) is 0 Å². The molecule has 0 aliphatic rings. The summed E-state index contributed by atoms with van der Waals surface area (Å²) >= 11 is 4.85. The molecule has 0 unspecified atom stereocenters. The molecular weight excluding hydrogens is 352 g/mol. The van der Waals surface area contributed by atoms with Crippen LogP contribution < -0.4 is 27.3 Å². The van der Waals surface area contributed by atoms with Gasteiger partial charge in [0.05, 0.1) is 10.8 Å². The maximum Gasteiger partial charge on any atom is 0.251 e. The second-order valence-corrected chi connectivity index (χ2v) is 6.06. The number of hydrazine groups is 1. The van der Waals surface area contributed by atoms with Gasteiger partial charge in [-0.3, -0.25) is 9.59 Å². The molecule has 1 amide bonds. The summed E-state index contributed by atoms with van der Waals surface area (Å²) in [7, 11) is 0. The van der Waals surface area contributed by atoms with E-state index in [2.05, 4.69) is 16.1 Å². The van der Waals surface area contributed by atoms with Gasteiger partial charge in [-0.1, -0.05) is 12.1 Å². The van der Waals surface area contributed by atoms with E-state index >= 15 is 0 Å². The minimum absolute atomic E-state index is 0.150. The zero-order valence-corrected chi connectivity index (χ0v) is 14.7. The molecular formula is C18H18N4O3S. The number of amides is 1. The first kappa shape index (κ1) is 17.8. The molecule has 0 radical (unpaired) electrons. The molecule has 1 aromatic heterocycles. The highest BCUT2D eigenvalue weighted by molar-refractivity contribution is 7.80. The van der Waals surface area contributed by atoms with Gasteiger partial charge in [-0.05, 0) is 49.0 Å². The molecule has 0 saturated carbocycles. The summed E-state index contributed by atoms with van der Waals surface area (Å²) in [5, 5.41) is 6.92. The summed E-state index contributed by atoms with van der Waals surface area (Å²) in [6.07, 6.45) is 0.675. The van der Waals surface area contributed by atoms with Crippen molar-refractivity contribution < 1.29 is 9.21 Å². The summed E-state index contributed by atoms with van der Waals surface area (Å²) in [5.74, 6) is 4.90. The number of fused-ring (bicyclic) bond motifs is 2. The third-order valence-electron chi connectivity index (χ3n) is 3.89. The van der Waals surface area contributed by atoms with Gasteiger partial charge in [-0.25, -0.2) is 5.84 Å². The number of thiocarbonyl (C=S) groups is 1. The maximum absolute atomic E-state index is 12.6. The summed E-state index contributed by atoms with van der Waals surface area (Å²) in [6, 6.07) is 11.9. The molecule has 8 heteroatoms. The molecule has 0 saturated heterocycles. The van der Waals surface area contributed by atoms with E-state index in [1.54, 1.807) is 36.4 Å². The molecule has 0 atom stereocenters. The lowest BCUT2D eigenvalue weighted by Gasteiger charge is -2.08. The quantitative estimate of drug-likeness (QED) is 0.177. The number of hydrogen-bond donors (Lipinski definition) is 4. The van der Waals surface area contributed by atoms with Gasteiger partial charge in [0.1, 0.15) is 11.2 Å². The number of carbonyl (C=O) groups is 1. The molecule has 0 fully saturated rings. The molecule has 0 aliphatic heterocycles. The van der Waals surface area contributed by atoms with Gasteiger partial charge >= 0.3 is 0 Å². The molecule has 1 heterocycles. The van der Waals surface area contributed by atoms with Gasteiger partial charge in [0, 0.05) is 18.7 Å². The van der Waals surface area contributed by atoms with Gasteiger partial charge in [0.25, 0.3) is 5.91 Å². The second-order valence-electron chi connectivity index (χ2n) is 5.65. The van der Waals surface area contributed by atoms with Crippen molar-refractivity contribution in [3.63, 3.8) is 0 Å². The Hall–Kier alpha value is -2.97. The second kappa shape index (κ2) is 7.94. The topological polar surface area (TPSA) is 109 Å². The number of benzene rings is 2. The highest BCUT2D eigenvalue weighted by Gasteiger charge is 2.11. The van der Waals surface area contributed by atoms with E-state index in [0.717, 1.165) is 0 Å². The van der Waals surface area contributed by atoms with E-state index in [-0.39, 0.29) is 11.3 Å². The Morgan fingerprint density at radius 3 is 2.58 bits per heavy atom. The fourth-order valence-corrected chi connectivity index (χ4v) is 2.69.